The van der Waals surface area contributed by atoms with E-state index >= 15 is 0 Å². The summed E-state index contributed by atoms with van der Waals surface area (Å²) >= 11 is 0. The summed E-state index contributed by atoms with van der Waals surface area (Å²) in [6.45, 7) is 12.2. The number of amides is 1. The van der Waals surface area contributed by atoms with E-state index in [1.165, 1.54) is 0 Å². The predicted molar refractivity (Wildman–Crippen MR) is 97.9 cm³/mol. The molecule has 0 aromatic carbocycles. The number of esters is 1. The maximum atomic E-state index is 12.5. The lowest BCUT2D eigenvalue weighted by Crippen LogP contribution is -2.45. The molecule has 25 heavy (non-hydrogen) atoms. The summed E-state index contributed by atoms with van der Waals surface area (Å²) in [5.41, 5.74) is -1.00. The van der Waals surface area contributed by atoms with Crippen molar-refractivity contribution < 1.29 is 22.7 Å². The molecule has 0 saturated carbocycles. The zero-order valence-electron chi connectivity index (χ0n) is 16.4. The Kier molecular flexibility index (Phi) is 7.07. The van der Waals surface area contributed by atoms with Crippen molar-refractivity contribution >= 4 is 21.7 Å². The van der Waals surface area contributed by atoms with Crippen LogP contribution in [0.5, 0.6) is 0 Å². The minimum Gasteiger partial charge on any atom is -0.460 e. The van der Waals surface area contributed by atoms with E-state index in [1.54, 1.807) is 4.90 Å². The van der Waals surface area contributed by atoms with E-state index in [2.05, 4.69) is 0 Å². The summed E-state index contributed by atoms with van der Waals surface area (Å²) in [5.74, 6) is 0.0652. The van der Waals surface area contributed by atoms with Gasteiger partial charge in [0.2, 0.25) is 5.91 Å². The van der Waals surface area contributed by atoms with Gasteiger partial charge in [-0.25, -0.2) is 8.42 Å². The molecule has 146 valence electrons. The van der Waals surface area contributed by atoms with E-state index in [1.807, 2.05) is 41.5 Å². The minimum absolute atomic E-state index is 0.0378. The lowest BCUT2D eigenvalue weighted by molar-refractivity contribution is -0.160. The summed E-state index contributed by atoms with van der Waals surface area (Å²) in [4.78, 5) is 26.1. The quantitative estimate of drug-likeness (QED) is 0.638. The highest BCUT2D eigenvalue weighted by atomic mass is 32.2. The molecule has 0 bridgehead atoms. The Bertz CT molecular complexity index is 579. The number of carbonyl (C=O) groups excluding carboxylic acids is 2. The smallest absolute Gasteiger partial charge is 0.306 e. The largest absolute Gasteiger partial charge is 0.460 e. The zero-order valence-corrected chi connectivity index (χ0v) is 17.2. The first-order valence-electron chi connectivity index (χ1n) is 8.91. The van der Waals surface area contributed by atoms with Crippen LogP contribution < -0.4 is 0 Å². The summed E-state index contributed by atoms with van der Waals surface area (Å²) in [5, 5.41) is 0. The van der Waals surface area contributed by atoms with Crippen LogP contribution in [-0.4, -0.2) is 55.4 Å². The first kappa shape index (κ1) is 21.9. The van der Waals surface area contributed by atoms with Crippen LogP contribution in [0.25, 0.3) is 0 Å². The molecule has 0 aromatic heterocycles. The monoisotopic (exact) mass is 375 g/mol. The maximum Gasteiger partial charge on any atom is 0.306 e. The molecular formula is C18H33NO5S. The number of ether oxygens (including phenoxy) is 1. The molecule has 0 radical (unpaired) electrons. The maximum absolute atomic E-state index is 12.5. The molecule has 0 aliphatic carbocycles. The van der Waals surface area contributed by atoms with E-state index in [0.717, 1.165) is 0 Å². The van der Waals surface area contributed by atoms with Crippen molar-refractivity contribution in [2.24, 2.45) is 11.3 Å². The van der Waals surface area contributed by atoms with Gasteiger partial charge in [-0.2, -0.15) is 0 Å². The fourth-order valence-electron chi connectivity index (χ4n) is 3.42. The highest BCUT2D eigenvalue weighted by Crippen LogP contribution is 2.34. The first-order valence-corrected chi connectivity index (χ1v) is 10.7. The van der Waals surface area contributed by atoms with Gasteiger partial charge in [0.05, 0.1) is 11.5 Å². The molecule has 0 unspecified atom stereocenters. The third-order valence-corrected chi connectivity index (χ3v) is 5.81. The van der Waals surface area contributed by atoms with Gasteiger partial charge in [0.25, 0.3) is 0 Å². The normalized spacial score (nSPS) is 18.3. The Morgan fingerprint density at radius 1 is 1.08 bits per heavy atom. The second-order valence-electron chi connectivity index (χ2n) is 8.88. The van der Waals surface area contributed by atoms with E-state index in [0.29, 0.717) is 19.3 Å². The fraction of sp³-hybridized carbons (Fsp3) is 0.889. The van der Waals surface area contributed by atoms with Gasteiger partial charge >= 0.3 is 5.97 Å². The zero-order chi connectivity index (χ0) is 19.5. The molecule has 7 heteroatoms. The molecule has 1 saturated heterocycles. The van der Waals surface area contributed by atoms with Crippen LogP contribution >= 0.6 is 0 Å². The average Bonchev–Trinajstić information content (AvgIpc) is 2.33. The summed E-state index contributed by atoms with van der Waals surface area (Å²) < 4.78 is 28.6. The van der Waals surface area contributed by atoms with Crippen molar-refractivity contribution in [2.75, 3.05) is 24.6 Å². The second-order valence-corrected chi connectivity index (χ2v) is 11.2. The van der Waals surface area contributed by atoms with Crippen LogP contribution in [-0.2, 0) is 24.2 Å². The highest BCUT2D eigenvalue weighted by molar-refractivity contribution is 7.91. The third kappa shape index (κ3) is 8.21. The topological polar surface area (TPSA) is 80.8 Å². The van der Waals surface area contributed by atoms with Gasteiger partial charge in [0.1, 0.15) is 5.60 Å². The van der Waals surface area contributed by atoms with Gasteiger partial charge in [0, 0.05) is 25.9 Å². The van der Waals surface area contributed by atoms with Crippen molar-refractivity contribution in [2.45, 2.75) is 66.4 Å². The second kappa shape index (κ2) is 8.06. The summed E-state index contributed by atoms with van der Waals surface area (Å²) in [6, 6.07) is 0. The third-order valence-electron chi connectivity index (χ3n) is 4.20. The highest BCUT2D eigenvalue weighted by Gasteiger charge is 2.35. The Morgan fingerprint density at radius 2 is 1.60 bits per heavy atom. The Balaban J connectivity index is 2.59. The number of rotatable bonds is 7. The molecule has 0 atom stereocenters. The molecule has 0 spiro atoms. The van der Waals surface area contributed by atoms with Crippen molar-refractivity contribution in [3.05, 3.63) is 0 Å². The molecule has 1 rings (SSSR count). The Morgan fingerprint density at radius 3 is 2.08 bits per heavy atom. The molecule has 1 fully saturated rings. The van der Waals surface area contributed by atoms with Gasteiger partial charge in [-0.3, -0.25) is 9.59 Å². The van der Waals surface area contributed by atoms with Crippen LogP contribution in [0.4, 0.5) is 0 Å². The van der Waals surface area contributed by atoms with Gasteiger partial charge in [-0.1, -0.05) is 27.7 Å². The summed E-state index contributed by atoms with van der Waals surface area (Å²) in [7, 11) is -3.00. The van der Waals surface area contributed by atoms with E-state index in [4.69, 9.17) is 4.74 Å². The lowest BCUT2D eigenvalue weighted by atomic mass is 9.78. The van der Waals surface area contributed by atoms with Crippen LogP contribution in [0.2, 0.25) is 0 Å². The number of carbonyl (C=O) groups is 2. The van der Waals surface area contributed by atoms with Gasteiger partial charge in [0.15, 0.2) is 9.84 Å². The Hall–Kier alpha value is -1.11. The van der Waals surface area contributed by atoms with Crippen LogP contribution in [0.15, 0.2) is 0 Å². The van der Waals surface area contributed by atoms with E-state index in [-0.39, 0.29) is 47.8 Å². The van der Waals surface area contributed by atoms with Gasteiger partial charge in [-0.15, -0.1) is 0 Å². The van der Waals surface area contributed by atoms with Crippen LogP contribution in [0.3, 0.4) is 0 Å². The van der Waals surface area contributed by atoms with Crippen LogP contribution in [0.1, 0.15) is 60.8 Å². The van der Waals surface area contributed by atoms with E-state index < -0.39 is 15.4 Å². The van der Waals surface area contributed by atoms with E-state index in [9.17, 15) is 18.0 Å². The molecule has 1 aliphatic rings. The lowest BCUT2D eigenvalue weighted by Gasteiger charge is -2.36. The van der Waals surface area contributed by atoms with Gasteiger partial charge in [-0.05, 0) is 31.6 Å². The molecule has 1 heterocycles. The van der Waals surface area contributed by atoms with Crippen molar-refractivity contribution in [3.63, 3.8) is 0 Å². The van der Waals surface area contributed by atoms with Crippen molar-refractivity contribution in [1.29, 1.82) is 0 Å². The molecule has 0 aromatic rings. The number of nitrogens with zero attached hydrogens (tertiary/aromatic N) is 1. The fourth-order valence-corrected chi connectivity index (χ4v) is 4.62. The predicted octanol–water partition coefficient (Wildman–Crippen LogP) is 2.42. The summed E-state index contributed by atoms with van der Waals surface area (Å²) in [6.07, 6.45) is 1.24. The van der Waals surface area contributed by atoms with Gasteiger partial charge < -0.3 is 9.64 Å². The number of sulfone groups is 1. The number of hydrogen-bond donors (Lipinski definition) is 0. The van der Waals surface area contributed by atoms with Crippen molar-refractivity contribution in [1.82, 2.24) is 4.90 Å². The SMILES string of the molecule is CC(C)CC(=O)OC(C)(C)CC(C)(C)CC(=O)N1CCS(=O)(=O)CC1. The minimum atomic E-state index is -3.00. The van der Waals surface area contributed by atoms with Crippen LogP contribution in [0, 0.1) is 11.3 Å². The standard InChI is InChI=1S/C18H33NO5S/c1-14(2)11-16(21)24-18(5,6)13-17(3,4)12-15(20)19-7-9-25(22,23)10-8-19/h14H,7-13H2,1-6H3. The number of hydrogen-bond acceptors (Lipinski definition) is 5. The molecule has 6 nitrogen and oxygen atoms in total. The molecule has 1 aliphatic heterocycles. The van der Waals surface area contributed by atoms with Crippen molar-refractivity contribution in [3.8, 4) is 0 Å². The Labute approximate surface area is 152 Å². The molecule has 1 amide bonds. The first-order chi connectivity index (χ1) is 11.2. The molecular weight excluding hydrogens is 342 g/mol. The average molecular weight is 376 g/mol. The molecule has 0 N–H and O–H groups in total.